The molecule has 4 N–H and O–H groups in total. The van der Waals surface area contributed by atoms with Gasteiger partial charge >= 0.3 is 6.09 Å². The van der Waals surface area contributed by atoms with Gasteiger partial charge in [-0.2, -0.15) is 0 Å². The Morgan fingerprint density at radius 2 is 1.94 bits per heavy atom. The quantitative estimate of drug-likeness (QED) is 0.516. The van der Waals surface area contributed by atoms with E-state index in [2.05, 4.69) is 27.1 Å². The van der Waals surface area contributed by atoms with Crippen LogP contribution < -0.4 is 11.1 Å². The second-order valence-electron chi connectivity index (χ2n) is 8.94. The van der Waals surface area contributed by atoms with Crippen LogP contribution in [-0.2, 0) is 6.54 Å². The Hall–Kier alpha value is -4.06. The minimum Gasteiger partial charge on any atom is -0.465 e. The van der Waals surface area contributed by atoms with Gasteiger partial charge in [0.1, 0.15) is 17.8 Å². The number of nitrogens with two attached hydrogens (primary N) is 1. The minimum absolute atomic E-state index is 0.0747. The van der Waals surface area contributed by atoms with Crippen molar-refractivity contribution >= 4 is 28.9 Å². The van der Waals surface area contributed by atoms with Crippen LogP contribution in [0.3, 0.4) is 0 Å². The van der Waals surface area contributed by atoms with E-state index in [1.807, 2.05) is 22.9 Å². The number of nitrogens with one attached hydrogen (secondary N) is 1. The summed E-state index contributed by atoms with van der Waals surface area (Å²) in [4.78, 5) is 33.6. The van der Waals surface area contributed by atoms with Crippen LogP contribution in [0.5, 0.6) is 0 Å². The van der Waals surface area contributed by atoms with Gasteiger partial charge in [0, 0.05) is 43.0 Å². The number of carbonyl (C=O) groups excluding carboxylic acids is 1. The maximum absolute atomic E-state index is 12.4. The third-order valence-corrected chi connectivity index (χ3v) is 6.40. The Labute approximate surface area is 197 Å². The molecule has 0 atom stereocenters. The fourth-order valence-corrected chi connectivity index (χ4v) is 4.34. The van der Waals surface area contributed by atoms with Crippen LogP contribution in [0.15, 0.2) is 36.8 Å². The van der Waals surface area contributed by atoms with E-state index in [1.165, 1.54) is 11.2 Å². The first kappa shape index (κ1) is 21.8. The highest BCUT2D eigenvalue weighted by molar-refractivity contribution is 5.95. The maximum Gasteiger partial charge on any atom is 0.407 e. The molecule has 0 spiro atoms. The van der Waals surface area contributed by atoms with Gasteiger partial charge in [0.05, 0.1) is 10.9 Å². The Kier molecular flexibility index (Phi) is 5.80. The van der Waals surface area contributed by atoms with Gasteiger partial charge in [-0.25, -0.2) is 14.8 Å². The van der Waals surface area contributed by atoms with Crippen molar-refractivity contribution in [2.45, 2.75) is 38.3 Å². The summed E-state index contributed by atoms with van der Waals surface area (Å²) in [6, 6.07) is 7.58. The number of carbonyl (C=O) groups is 2. The van der Waals surface area contributed by atoms with Crippen molar-refractivity contribution in [3.8, 4) is 11.8 Å². The van der Waals surface area contributed by atoms with Crippen molar-refractivity contribution in [3.05, 3.63) is 53.5 Å². The number of aromatic nitrogens is 3. The van der Waals surface area contributed by atoms with Crippen LogP contribution in [0, 0.1) is 17.8 Å². The Balaban J connectivity index is 1.39. The van der Waals surface area contributed by atoms with Crippen LogP contribution in [0.2, 0.25) is 0 Å². The van der Waals surface area contributed by atoms with Crippen LogP contribution in [0.25, 0.3) is 11.0 Å². The molecule has 9 nitrogen and oxygen atoms in total. The van der Waals surface area contributed by atoms with Crippen molar-refractivity contribution < 1.29 is 14.7 Å². The van der Waals surface area contributed by atoms with Gasteiger partial charge in [0.25, 0.3) is 5.91 Å². The maximum atomic E-state index is 12.4. The second-order valence-corrected chi connectivity index (χ2v) is 8.94. The standard InChI is InChI=1S/C25H26N6O3/c26-22-21-19(5-4-16-2-1-3-18(12-16)24(32)29-20-6-7-20)14-31(23(21)28-15-27-22)13-17-8-10-30(11-9-17)25(33)34/h1-3,12,14-15,17,20H,6-11,13H2,(H,29,32)(H,33,34)(H2,26,27,28). The van der Waals surface area contributed by atoms with E-state index >= 15 is 0 Å². The van der Waals surface area contributed by atoms with E-state index in [4.69, 9.17) is 5.73 Å². The summed E-state index contributed by atoms with van der Waals surface area (Å²) in [6.07, 6.45) is 6.19. The van der Waals surface area contributed by atoms with Gasteiger partial charge in [-0.15, -0.1) is 0 Å². The van der Waals surface area contributed by atoms with Gasteiger partial charge in [-0.1, -0.05) is 17.9 Å². The van der Waals surface area contributed by atoms with Crippen LogP contribution in [0.4, 0.5) is 10.6 Å². The molecule has 2 amide bonds. The molecule has 0 radical (unpaired) electrons. The number of hydrogen-bond donors (Lipinski definition) is 3. The SMILES string of the molecule is Nc1ncnc2c1c(C#Cc1cccc(C(=O)NC3CC3)c1)cn2CC1CCN(C(=O)O)CC1. The summed E-state index contributed by atoms with van der Waals surface area (Å²) >= 11 is 0. The fraction of sp³-hybridized carbons (Fsp3) is 0.360. The highest BCUT2D eigenvalue weighted by atomic mass is 16.4. The molecule has 2 fully saturated rings. The Bertz CT molecular complexity index is 1310. The molecule has 0 bridgehead atoms. The first-order chi connectivity index (χ1) is 16.5. The number of nitrogen functional groups attached to an aromatic ring is 1. The van der Waals surface area contributed by atoms with Crippen LogP contribution >= 0.6 is 0 Å². The molecule has 34 heavy (non-hydrogen) atoms. The molecular weight excluding hydrogens is 432 g/mol. The molecule has 1 saturated heterocycles. The predicted octanol–water partition coefficient (Wildman–Crippen LogP) is 2.70. The molecule has 9 heteroatoms. The number of hydrogen-bond acceptors (Lipinski definition) is 5. The number of fused-ring (bicyclic) bond motifs is 1. The number of nitrogens with zero attached hydrogens (tertiary/aromatic N) is 4. The molecule has 3 aromatic rings. The zero-order valence-corrected chi connectivity index (χ0v) is 18.7. The van der Waals surface area contributed by atoms with Crippen LogP contribution in [0.1, 0.15) is 47.2 Å². The lowest BCUT2D eigenvalue weighted by molar-refractivity contribution is 0.0950. The summed E-state index contributed by atoms with van der Waals surface area (Å²) in [6.45, 7) is 1.78. The van der Waals surface area contributed by atoms with Gasteiger partial charge in [0.2, 0.25) is 0 Å². The average molecular weight is 459 g/mol. The number of piperidine rings is 1. The molecule has 5 rings (SSSR count). The Morgan fingerprint density at radius 1 is 1.15 bits per heavy atom. The first-order valence-electron chi connectivity index (χ1n) is 11.5. The summed E-state index contributed by atoms with van der Waals surface area (Å²) in [5.74, 6) is 6.98. The summed E-state index contributed by atoms with van der Waals surface area (Å²) < 4.78 is 2.04. The molecule has 0 unspecified atom stereocenters. The van der Waals surface area contributed by atoms with Gasteiger partial charge in [-0.3, -0.25) is 4.79 Å². The van der Waals surface area contributed by atoms with Crippen molar-refractivity contribution in [2.75, 3.05) is 18.8 Å². The summed E-state index contributed by atoms with van der Waals surface area (Å²) in [5, 5.41) is 12.9. The molecular formula is C25H26N6O3. The fourth-order valence-electron chi connectivity index (χ4n) is 4.34. The molecule has 2 aliphatic rings. The predicted molar refractivity (Wildman–Crippen MR) is 127 cm³/mol. The van der Waals surface area contributed by atoms with E-state index in [1.54, 1.807) is 12.1 Å². The van der Waals surface area contributed by atoms with Crippen molar-refractivity contribution in [1.82, 2.24) is 24.8 Å². The van der Waals surface area contributed by atoms with E-state index < -0.39 is 6.09 Å². The van der Waals surface area contributed by atoms with Crippen molar-refractivity contribution in [3.63, 3.8) is 0 Å². The molecule has 1 aliphatic heterocycles. The number of benzene rings is 1. The number of rotatable bonds is 4. The first-order valence-corrected chi connectivity index (χ1v) is 11.5. The second kappa shape index (κ2) is 9.06. The third-order valence-electron chi connectivity index (χ3n) is 6.40. The lowest BCUT2D eigenvalue weighted by Gasteiger charge is -2.30. The van der Waals surface area contributed by atoms with Crippen molar-refractivity contribution in [1.29, 1.82) is 0 Å². The third kappa shape index (κ3) is 4.66. The summed E-state index contributed by atoms with van der Waals surface area (Å²) in [5.41, 5.74) is 8.96. The van der Waals surface area contributed by atoms with Gasteiger partial charge in [-0.05, 0) is 49.8 Å². The molecule has 174 valence electrons. The zero-order valence-electron chi connectivity index (χ0n) is 18.7. The largest absolute Gasteiger partial charge is 0.465 e. The molecule has 1 aliphatic carbocycles. The highest BCUT2D eigenvalue weighted by Crippen LogP contribution is 2.27. The Morgan fingerprint density at radius 3 is 2.68 bits per heavy atom. The molecule has 3 heterocycles. The smallest absolute Gasteiger partial charge is 0.407 e. The average Bonchev–Trinajstić information content (AvgIpc) is 3.58. The van der Waals surface area contributed by atoms with Gasteiger partial charge < -0.3 is 25.6 Å². The number of anilines is 1. The molecule has 2 aromatic heterocycles. The van der Waals surface area contributed by atoms with E-state index in [0.29, 0.717) is 48.4 Å². The lowest BCUT2D eigenvalue weighted by Crippen LogP contribution is -2.38. The molecule has 1 saturated carbocycles. The van der Waals surface area contributed by atoms with Crippen LogP contribution in [-0.4, -0.2) is 55.7 Å². The normalized spacial score (nSPS) is 16.2. The van der Waals surface area contributed by atoms with Crippen molar-refractivity contribution in [2.24, 2.45) is 5.92 Å². The monoisotopic (exact) mass is 458 g/mol. The number of carboxylic acid groups (broad SMARTS) is 1. The van der Waals surface area contributed by atoms with Gasteiger partial charge in [0.15, 0.2) is 0 Å². The lowest BCUT2D eigenvalue weighted by atomic mass is 9.97. The summed E-state index contributed by atoms with van der Waals surface area (Å²) in [7, 11) is 0. The zero-order chi connectivity index (χ0) is 23.7. The van der Waals surface area contributed by atoms with E-state index in [-0.39, 0.29) is 5.91 Å². The minimum atomic E-state index is -0.864. The topological polar surface area (TPSA) is 126 Å². The van der Waals surface area contributed by atoms with E-state index in [0.717, 1.165) is 42.5 Å². The number of likely N-dealkylation sites (tertiary alicyclic amines) is 1. The highest BCUT2D eigenvalue weighted by Gasteiger charge is 2.24. The number of amides is 2. The van der Waals surface area contributed by atoms with E-state index in [9.17, 15) is 14.7 Å². The molecule has 1 aromatic carbocycles.